The summed E-state index contributed by atoms with van der Waals surface area (Å²) in [5.74, 6) is -0.232. The van der Waals surface area contributed by atoms with Gasteiger partial charge in [0.15, 0.2) is 0 Å². The van der Waals surface area contributed by atoms with Gasteiger partial charge in [0.1, 0.15) is 6.54 Å². The first-order chi connectivity index (χ1) is 12.7. The van der Waals surface area contributed by atoms with Crippen molar-refractivity contribution < 1.29 is 22.8 Å². The number of rotatable bonds is 3. The first kappa shape index (κ1) is 17.6. The number of H-pyrrole nitrogens is 1. The molecular formula is C17H17F3N4O3. The molecule has 1 N–H and O–H groups in total. The van der Waals surface area contributed by atoms with Gasteiger partial charge in [-0.05, 0) is 24.6 Å². The van der Waals surface area contributed by atoms with Crippen molar-refractivity contribution in [1.29, 1.82) is 0 Å². The maximum atomic E-state index is 12.7. The van der Waals surface area contributed by atoms with Gasteiger partial charge in [-0.15, -0.1) is 0 Å². The summed E-state index contributed by atoms with van der Waals surface area (Å²) in [5, 5.41) is 0. The number of nitrogens with zero attached hydrogens (tertiary/aromatic N) is 3. The van der Waals surface area contributed by atoms with Crippen LogP contribution >= 0.6 is 0 Å². The minimum absolute atomic E-state index is 0.00310. The molecule has 0 atom stereocenters. The molecule has 0 saturated carbocycles. The van der Waals surface area contributed by atoms with Crippen LogP contribution < -0.4 is 5.69 Å². The lowest BCUT2D eigenvalue weighted by atomic mass is 10.0. The van der Waals surface area contributed by atoms with Crippen molar-refractivity contribution >= 4 is 22.8 Å². The minimum Gasteiger partial charge on any atom is -0.336 e. The Morgan fingerprint density at radius 2 is 1.96 bits per heavy atom. The van der Waals surface area contributed by atoms with Gasteiger partial charge in [-0.1, -0.05) is 0 Å². The SMILES string of the molecule is O=C(c1ccc2[nH]c(=O)n(CC(F)(F)F)c2c1)N1CC(N2CCCC2=O)C1. The second kappa shape index (κ2) is 6.14. The Balaban J connectivity index is 1.54. The van der Waals surface area contributed by atoms with Crippen LogP contribution in [-0.4, -0.2) is 63.0 Å². The van der Waals surface area contributed by atoms with E-state index in [1.54, 1.807) is 9.80 Å². The summed E-state index contributed by atoms with van der Waals surface area (Å²) >= 11 is 0. The number of hydrogen-bond donors (Lipinski definition) is 1. The van der Waals surface area contributed by atoms with Crippen molar-refractivity contribution in [3.63, 3.8) is 0 Å². The smallest absolute Gasteiger partial charge is 0.336 e. The van der Waals surface area contributed by atoms with Crippen LogP contribution in [0.2, 0.25) is 0 Å². The molecule has 10 heteroatoms. The molecule has 2 fully saturated rings. The topological polar surface area (TPSA) is 78.4 Å². The molecule has 2 aliphatic heterocycles. The molecule has 2 aliphatic rings. The lowest BCUT2D eigenvalue weighted by Gasteiger charge is -2.44. The molecule has 0 spiro atoms. The molecule has 144 valence electrons. The van der Waals surface area contributed by atoms with Gasteiger partial charge in [-0.3, -0.25) is 14.2 Å². The highest BCUT2D eigenvalue weighted by Crippen LogP contribution is 2.24. The third-order valence-electron chi connectivity index (χ3n) is 5.06. The Labute approximate surface area is 151 Å². The summed E-state index contributed by atoms with van der Waals surface area (Å²) in [4.78, 5) is 41.9. The predicted molar refractivity (Wildman–Crippen MR) is 89.3 cm³/mol. The number of fused-ring (bicyclic) bond motifs is 1. The monoisotopic (exact) mass is 382 g/mol. The zero-order valence-electron chi connectivity index (χ0n) is 14.3. The van der Waals surface area contributed by atoms with Crippen LogP contribution in [-0.2, 0) is 11.3 Å². The van der Waals surface area contributed by atoms with Crippen LogP contribution in [0.1, 0.15) is 23.2 Å². The summed E-state index contributed by atoms with van der Waals surface area (Å²) in [6, 6.07) is 4.21. The Morgan fingerprint density at radius 1 is 1.22 bits per heavy atom. The van der Waals surface area contributed by atoms with E-state index in [9.17, 15) is 27.6 Å². The average Bonchev–Trinajstić information content (AvgIpc) is 3.08. The highest BCUT2D eigenvalue weighted by molar-refractivity contribution is 5.98. The van der Waals surface area contributed by atoms with Crippen LogP contribution in [0, 0.1) is 0 Å². The van der Waals surface area contributed by atoms with Crippen molar-refractivity contribution in [1.82, 2.24) is 19.4 Å². The predicted octanol–water partition coefficient (Wildman–Crippen LogP) is 1.34. The number of carbonyl (C=O) groups is 2. The number of imidazole rings is 1. The van der Waals surface area contributed by atoms with E-state index in [4.69, 9.17) is 0 Å². The van der Waals surface area contributed by atoms with Crippen LogP contribution in [0.25, 0.3) is 11.0 Å². The third-order valence-corrected chi connectivity index (χ3v) is 5.06. The fourth-order valence-corrected chi connectivity index (χ4v) is 3.68. The number of nitrogens with one attached hydrogen (secondary N) is 1. The molecule has 1 aromatic carbocycles. The number of carbonyl (C=O) groups excluding carboxylic acids is 2. The van der Waals surface area contributed by atoms with E-state index in [0.29, 0.717) is 30.6 Å². The van der Waals surface area contributed by atoms with E-state index in [0.717, 1.165) is 6.42 Å². The zero-order chi connectivity index (χ0) is 19.3. The number of halogens is 3. The van der Waals surface area contributed by atoms with Crippen LogP contribution in [0.15, 0.2) is 23.0 Å². The molecule has 0 unspecified atom stereocenters. The number of aromatic nitrogens is 2. The van der Waals surface area contributed by atoms with Gasteiger partial charge >= 0.3 is 11.9 Å². The van der Waals surface area contributed by atoms with Crippen LogP contribution in [0.4, 0.5) is 13.2 Å². The lowest BCUT2D eigenvalue weighted by Crippen LogP contribution is -2.61. The quantitative estimate of drug-likeness (QED) is 0.870. The van der Waals surface area contributed by atoms with Crippen molar-refractivity contribution in [3.8, 4) is 0 Å². The first-order valence-electron chi connectivity index (χ1n) is 8.61. The summed E-state index contributed by atoms with van der Waals surface area (Å²) in [6.45, 7) is 0.0904. The Kier molecular flexibility index (Phi) is 4.01. The maximum Gasteiger partial charge on any atom is 0.406 e. The molecule has 0 aliphatic carbocycles. The molecule has 0 radical (unpaired) electrons. The summed E-state index contributed by atoms with van der Waals surface area (Å²) in [5.41, 5.74) is -0.382. The van der Waals surface area contributed by atoms with E-state index < -0.39 is 18.4 Å². The molecule has 1 aromatic heterocycles. The highest BCUT2D eigenvalue weighted by atomic mass is 19.4. The van der Waals surface area contributed by atoms with Crippen molar-refractivity contribution in [2.75, 3.05) is 19.6 Å². The molecule has 4 rings (SSSR count). The molecular weight excluding hydrogens is 365 g/mol. The molecule has 0 bridgehead atoms. The van der Waals surface area contributed by atoms with Crippen molar-refractivity contribution in [3.05, 3.63) is 34.2 Å². The third kappa shape index (κ3) is 3.19. The summed E-state index contributed by atoms with van der Waals surface area (Å²) in [6.07, 6.45) is -3.19. The highest BCUT2D eigenvalue weighted by Gasteiger charge is 2.39. The van der Waals surface area contributed by atoms with E-state index in [-0.39, 0.29) is 34.5 Å². The molecule has 3 heterocycles. The maximum absolute atomic E-state index is 12.7. The van der Waals surface area contributed by atoms with Crippen LogP contribution in [0.3, 0.4) is 0 Å². The standard InChI is InChI=1S/C17H17F3N4O3/c18-17(19,20)9-24-13-6-10(3-4-12(13)21-16(24)27)15(26)22-7-11(8-22)23-5-1-2-14(23)25/h3-4,6,11H,1-2,5,7-9H2,(H,21,27). The molecule has 2 amide bonds. The number of hydrogen-bond acceptors (Lipinski definition) is 3. The first-order valence-corrected chi connectivity index (χ1v) is 8.61. The zero-order valence-corrected chi connectivity index (χ0v) is 14.3. The Morgan fingerprint density at radius 3 is 2.59 bits per heavy atom. The number of amides is 2. The fraction of sp³-hybridized carbons (Fsp3) is 0.471. The summed E-state index contributed by atoms with van der Waals surface area (Å²) < 4.78 is 38.7. The van der Waals surface area contributed by atoms with E-state index in [2.05, 4.69) is 4.98 Å². The average molecular weight is 382 g/mol. The van der Waals surface area contributed by atoms with Gasteiger partial charge < -0.3 is 14.8 Å². The molecule has 27 heavy (non-hydrogen) atoms. The molecule has 7 nitrogen and oxygen atoms in total. The second-order valence-corrected chi connectivity index (χ2v) is 6.92. The van der Waals surface area contributed by atoms with Crippen molar-refractivity contribution in [2.24, 2.45) is 0 Å². The van der Waals surface area contributed by atoms with E-state index in [1.165, 1.54) is 18.2 Å². The van der Waals surface area contributed by atoms with Gasteiger partial charge in [-0.2, -0.15) is 13.2 Å². The lowest BCUT2D eigenvalue weighted by molar-refractivity contribution is -0.140. The molecule has 2 saturated heterocycles. The van der Waals surface area contributed by atoms with Gasteiger partial charge in [0.2, 0.25) is 5.91 Å². The van der Waals surface area contributed by atoms with Gasteiger partial charge in [-0.25, -0.2) is 4.79 Å². The Bertz CT molecular complexity index is 972. The Hall–Kier alpha value is -2.78. The van der Waals surface area contributed by atoms with E-state index in [1.807, 2.05) is 0 Å². The van der Waals surface area contributed by atoms with Crippen molar-refractivity contribution in [2.45, 2.75) is 31.6 Å². The number of alkyl halides is 3. The number of likely N-dealkylation sites (tertiary alicyclic amines) is 2. The minimum atomic E-state index is -4.55. The number of aromatic amines is 1. The largest absolute Gasteiger partial charge is 0.406 e. The normalized spacial score (nSPS) is 18.4. The summed E-state index contributed by atoms with van der Waals surface area (Å²) in [7, 11) is 0. The van der Waals surface area contributed by atoms with Gasteiger partial charge in [0.05, 0.1) is 17.1 Å². The number of benzene rings is 1. The van der Waals surface area contributed by atoms with Crippen LogP contribution in [0.5, 0.6) is 0 Å². The fourth-order valence-electron chi connectivity index (χ4n) is 3.68. The van der Waals surface area contributed by atoms with Gasteiger partial charge in [0.25, 0.3) is 5.91 Å². The van der Waals surface area contributed by atoms with E-state index >= 15 is 0 Å². The molecule has 2 aromatic rings. The van der Waals surface area contributed by atoms with Gasteiger partial charge in [0, 0.05) is 31.6 Å². The second-order valence-electron chi connectivity index (χ2n) is 6.92.